The summed E-state index contributed by atoms with van der Waals surface area (Å²) in [4.78, 5) is 17.3. The highest BCUT2D eigenvalue weighted by Gasteiger charge is 2.30. The fraction of sp³-hybridized carbons (Fsp3) is 0.250. The van der Waals surface area contributed by atoms with E-state index in [-0.39, 0.29) is 13.2 Å². The van der Waals surface area contributed by atoms with Gasteiger partial charge >= 0.3 is 16.4 Å². The monoisotopic (exact) mass is 386 g/mol. The van der Waals surface area contributed by atoms with Crippen LogP contribution in [0.25, 0.3) is 0 Å². The van der Waals surface area contributed by atoms with Gasteiger partial charge in [-0.2, -0.15) is 0 Å². The second-order valence-electron chi connectivity index (χ2n) is 4.88. The minimum absolute atomic E-state index is 0.106. The summed E-state index contributed by atoms with van der Waals surface area (Å²) in [5, 5.41) is 0. The molecule has 0 aliphatic heterocycles. The first-order valence-electron chi connectivity index (χ1n) is 7.62. The Morgan fingerprint density at radius 2 is 1.28 bits per heavy atom. The standard InChI is InChI=1S/C16H20O7P2/c17-24(18)20-13-7-8-14-21-25(19,22-15-9-3-1-4-10-15)23-16-11-5-2-6-12-16/h1-6,9-12,17-18H,7-8,13-14H2. The molecule has 0 bridgehead atoms. The minimum Gasteiger partial charge on any atom is -0.395 e. The van der Waals surface area contributed by atoms with Crippen molar-refractivity contribution in [3.05, 3.63) is 60.7 Å². The van der Waals surface area contributed by atoms with Gasteiger partial charge in [0.1, 0.15) is 11.5 Å². The van der Waals surface area contributed by atoms with E-state index in [2.05, 4.69) is 4.52 Å². The first kappa shape index (κ1) is 19.9. The molecule has 0 aromatic heterocycles. The summed E-state index contributed by atoms with van der Waals surface area (Å²) in [6.45, 7) is 0.278. The van der Waals surface area contributed by atoms with Crippen molar-refractivity contribution in [3.63, 3.8) is 0 Å². The molecule has 0 aliphatic carbocycles. The predicted octanol–water partition coefficient (Wildman–Crippen LogP) is 4.28. The van der Waals surface area contributed by atoms with Gasteiger partial charge in [0.2, 0.25) is 0 Å². The van der Waals surface area contributed by atoms with Gasteiger partial charge in [-0.25, -0.2) is 4.57 Å². The van der Waals surface area contributed by atoms with E-state index in [0.717, 1.165) is 0 Å². The number of hydrogen-bond donors (Lipinski definition) is 2. The zero-order valence-electron chi connectivity index (χ0n) is 13.4. The van der Waals surface area contributed by atoms with Gasteiger partial charge in [-0.3, -0.25) is 4.52 Å². The Balaban J connectivity index is 1.93. The Morgan fingerprint density at radius 1 is 0.800 bits per heavy atom. The van der Waals surface area contributed by atoms with Crippen molar-refractivity contribution in [1.29, 1.82) is 0 Å². The maximum Gasteiger partial charge on any atom is 0.587 e. The molecule has 0 amide bonds. The van der Waals surface area contributed by atoms with Crippen LogP contribution in [0.4, 0.5) is 0 Å². The third-order valence-corrected chi connectivity index (χ3v) is 4.70. The van der Waals surface area contributed by atoms with Gasteiger partial charge in [0.15, 0.2) is 0 Å². The van der Waals surface area contributed by atoms with Crippen LogP contribution in [-0.4, -0.2) is 23.0 Å². The van der Waals surface area contributed by atoms with E-state index in [9.17, 15) is 4.57 Å². The number of phosphoric acid groups is 1. The molecule has 25 heavy (non-hydrogen) atoms. The molecule has 0 spiro atoms. The molecule has 2 rings (SSSR count). The molecule has 0 aliphatic rings. The number of hydrogen-bond acceptors (Lipinski definition) is 7. The van der Waals surface area contributed by atoms with E-state index < -0.39 is 16.4 Å². The normalized spacial score (nSPS) is 11.5. The molecule has 136 valence electrons. The summed E-state index contributed by atoms with van der Waals surface area (Å²) in [7, 11) is -6.22. The number of rotatable bonds is 11. The van der Waals surface area contributed by atoms with E-state index in [1.54, 1.807) is 48.5 Å². The molecule has 0 radical (unpaired) electrons. The van der Waals surface area contributed by atoms with E-state index in [4.69, 9.17) is 23.4 Å². The fourth-order valence-electron chi connectivity index (χ4n) is 1.82. The van der Waals surface area contributed by atoms with Crippen molar-refractivity contribution in [1.82, 2.24) is 0 Å². The lowest BCUT2D eigenvalue weighted by molar-refractivity contribution is 0.194. The van der Waals surface area contributed by atoms with E-state index in [0.29, 0.717) is 24.3 Å². The second-order valence-corrected chi connectivity index (χ2v) is 7.16. The van der Waals surface area contributed by atoms with Crippen molar-refractivity contribution in [2.75, 3.05) is 13.2 Å². The van der Waals surface area contributed by atoms with Gasteiger partial charge in [0.25, 0.3) is 0 Å². The van der Waals surface area contributed by atoms with Crippen LogP contribution >= 0.6 is 16.4 Å². The zero-order valence-corrected chi connectivity index (χ0v) is 15.2. The summed E-state index contributed by atoms with van der Waals surface area (Å²) in [6, 6.07) is 17.3. The molecule has 7 nitrogen and oxygen atoms in total. The molecular formula is C16H20O7P2. The van der Waals surface area contributed by atoms with Crippen LogP contribution in [0.2, 0.25) is 0 Å². The van der Waals surface area contributed by atoms with Crippen molar-refractivity contribution >= 4 is 16.4 Å². The number of benzene rings is 2. The molecule has 0 atom stereocenters. The highest BCUT2D eigenvalue weighted by Crippen LogP contribution is 2.49. The molecule has 0 unspecified atom stereocenters. The van der Waals surface area contributed by atoms with Gasteiger partial charge in [0, 0.05) is 0 Å². The molecule has 9 heteroatoms. The van der Waals surface area contributed by atoms with Crippen LogP contribution in [0.5, 0.6) is 11.5 Å². The van der Waals surface area contributed by atoms with Crippen LogP contribution in [0.3, 0.4) is 0 Å². The van der Waals surface area contributed by atoms with Crippen molar-refractivity contribution in [3.8, 4) is 11.5 Å². The van der Waals surface area contributed by atoms with Gasteiger partial charge in [-0.05, 0) is 37.1 Å². The third-order valence-electron chi connectivity index (χ3n) is 2.92. The van der Waals surface area contributed by atoms with Gasteiger partial charge in [-0.1, -0.05) is 36.4 Å². The zero-order chi connectivity index (χ0) is 18.0. The Hall–Kier alpha value is -1.46. The molecule has 0 heterocycles. The molecule has 2 N–H and O–H groups in total. The molecule has 0 saturated carbocycles. The van der Waals surface area contributed by atoms with Crippen LogP contribution < -0.4 is 9.05 Å². The lowest BCUT2D eigenvalue weighted by atomic mass is 10.3. The van der Waals surface area contributed by atoms with Crippen LogP contribution in [0.1, 0.15) is 12.8 Å². The van der Waals surface area contributed by atoms with Crippen molar-refractivity contribution in [2.24, 2.45) is 0 Å². The second kappa shape index (κ2) is 10.5. The first-order chi connectivity index (χ1) is 12.1. The van der Waals surface area contributed by atoms with Crippen molar-refractivity contribution in [2.45, 2.75) is 12.8 Å². The summed E-state index contributed by atoms with van der Waals surface area (Å²) >= 11 is 0. The molecule has 0 saturated heterocycles. The predicted molar refractivity (Wildman–Crippen MR) is 94.2 cm³/mol. The molecule has 2 aromatic carbocycles. The summed E-state index contributed by atoms with van der Waals surface area (Å²) in [5.41, 5.74) is 0. The Kier molecular flexibility index (Phi) is 8.35. The number of unbranched alkanes of at least 4 members (excludes halogenated alkanes) is 1. The van der Waals surface area contributed by atoms with Crippen LogP contribution in [0, 0.1) is 0 Å². The summed E-state index contributed by atoms with van der Waals surface area (Å²) in [6.07, 6.45) is 1.00. The average molecular weight is 386 g/mol. The third kappa shape index (κ3) is 7.97. The van der Waals surface area contributed by atoms with Gasteiger partial charge in [0.05, 0.1) is 13.2 Å². The van der Waals surface area contributed by atoms with Gasteiger partial charge < -0.3 is 23.4 Å². The summed E-state index contributed by atoms with van der Waals surface area (Å²) in [5.74, 6) is 0.743. The molecular weight excluding hydrogens is 366 g/mol. The van der Waals surface area contributed by atoms with Gasteiger partial charge in [-0.15, -0.1) is 0 Å². The number of para-hydroxylation sites is 2. The minimum atomic E-state index is -3.87. The van der Waals surface area contributed by atoms with Crippen LogP contribution in [-0.2, 0) is 13.6 Å². The van der Waals surface area contributed by atoms with Crippen LogP contribution in [0.15, 0.2) is 60.7 Å². The maximum absolute atomic E-state index is 12.9. The lowest BCUT2D eigenvalue weighted by Crippen LogP contribution is -2.06. The Bertz CT molecular complexity index is 607. The summed E-state index contributed by atoms with van der Waals surface area (Å²) < 4.78 is 33.9. The fourth-order valence-corrected chi connectivity index (χ4v) is 3.37. The SMILES string of the molecule is O=P(OCCCCOP(O)O)(Oc1ccccc1)Oc1ccccc1. The first-order valence-corrected chi connectivity index (χ1v) is 10.2. The highest BCUT2D eigenvalue weighted by atomic mass is 31.2. The maximum atomic E-state index is 12.9. The molecule has 2 aromatic rings. The van der Waals surface area contributed by atoms with E-state index >= 15 is 0 Å². The van der Waals surface area contributed by atoms with E-state index in [1.165, 1.54) is 0 Å². The lowest BCUT2D eigenvalue weighted by Gasteiger charge is -2.19. The van der Waals surface area contributed by atoms with E-state index in [1.807, 2.05) is 12.1 Å². The molecule has 0 fully saturated rings. The smallest absolute Gasteiger partial charge is 0.395 e. The van der Waals surface area contributed by atoms with Crippen molar-refractivity contribution < 1.29 is 32.4 Å². The topological polar surface area (TPSA) is 94.5 Å². The average Bonchev–Trinajstić information content (AvgIpc) is 2.59. The Morgan fingerprint density at radius 3 is 1.76 bits per heavy atom. The Labute approximate surface area is 147 Å². The highest BCUT2D eigenvalue weighted by molar-refractivity contribution is 7.49. The number of phosphoric ester groups is 1. The largest absolute Gasteiger partial charge is 0.587 e. The quantitative estimate of drug-likeness (QED) is 0.440.